The molecule has 1 saturated heterocycles. The van der Waals surface area contributed by atoms with Gasteiger partial charge >= 0.3 is 0 Å². The maximum absolute atomic E-state index is 10.9. The molecule has 0 unspecified atom stereocenters. The van der Waals surface area contributed by atoms with E-state index in [-0.39, 0.29) is 11.3 Å². The summed E-state index contributed by atoms with van der Waals surface area (Å²) in [5.41, 5.74) is 0.0890. The van der Waals surface area contributed by atoms with Crippen LogP contribution >= 0.6 is 0 Å². The Balaban J connectivity index is 2.24. The molecule has 2 N–H and O–H groups in total. The third-order valence-corrected chi connectivity index (χ3v) is 4.43. The quantitative estimate of drug-likeness (QED) is 0.576. The van der Waals surface area contributed by atoms with E-state index in [0.717, 1.165) is 0 Å². The average molecular weight is 191 g/mol. The molecule has 1 saturated carbocycles. The molecular weight excluding hydrogens is 178 g/mol. The van der Waals surface area contributed by atoms with Crippen LogP contribution < -0.4 is 5.32 Å². The van der Waals surface area contributed by atoms with Crippen molar-refractivity contribution < 1.29 is 13.0 Å². The predicted octanol–water partition coefficient (Wildman–Crippen LogP) is 0.0757. The molecule has 0 aromatic carbocycles. The van der Waals surface area contributed by atoms with E-state index < -0.39 is 15.5 Å². The average Bonchev–Trinajstić information content (AvgIpc) is 2.34. The second-order valence-electron chi connectivity index (χ2n) is 4.30. The van der Waals surface area contributed by atoms with E-state index in [4.69, 9.17) is 4.55 Å². The van der Waals surface area contributed by atoms with Gasteiger partial charge in [-0.25, -0.2) is 0 Å². The van der Waals surface area contributed by atoms with Gasteiger partial charge in [-0.05, 0) is 11.3 Å². The van der Waals surface area contributed by atoms with Gasteiger partial charge in [-0.15, -0.1) is 0 Å². The van der Waals surface area contributed by atoms with Crippen molar-refractivity contribution in [2.45, 2.75) is 19.2 Å². The van der Waals surface area contributed by atoms with Gasteiger partial charge in [0.05, 0.1) is 0 Å². The van der Waals surface area contributed by atoms with E-state index in [2.05, 4.69) is 5.32 Å². The van der Waals surface area contributed by atoms with Gasteiger partial charge in [0.1, 0.15) is 5.37 Å². The molecule has 0 radical (unpaired) electrons. The van der Waals surface area contributed by atoms with E-state index in [0.29, 0.717) is 12.5 Å². The van der Waals surface area contributed by atoms with Crippen LogP contribution in [0, 0.1) is 17.3 Å². The van der Waals surface area contributed by atoms with Crippen LogP contribution in [0.5, 0.6) is 0 Å². The zero-order valence-electron chi connectivity index (χ0n) is 7.11. The minimum Gasteiger partial charge on any atom is -0.299 e. The van der Waals surface area contributed by atoms with Crippen LogP contribution in [0.15, 0.2) is 0 Å². The highest BCUT2D eigenvalue weighted by Gasteiger charge is 2.67. The summed E-state index contributed by atoms with van der Waals surface area (Å²) in [5.74, 6) is 0.525. The van der Waals surface area contributed by atoms with E-state index in [1.54, 1.807) is 0 Å². The van der Waals surface area contributed by atoms with Gasteiger partial charge < -0.3 is 0 Å². The standard InChI is InChI=1S/C7H13NO3S/c1-7(2)4-3-8-6(5(4)7)12(9,10)11/h4-6,8H,3H2,1-2H3,(H,9,10,11)/t4-,5-,6-/m0/s1. The van der Waals surface area contributed by atoms with E-state index in [9.17, 15) is 8.42 Å². The Labute approximate surface area is 72.1 Å². The fourth-order valence-corrected chi connectivity index (χ4v) is 3.66. The number of rotatable bonds is 1. The molecule has 0 spiro atoms. The summed E-state index contributed by atoms with van der Waals surface area (Å²) < 4.78 is 30.6. The molecule has 2 rings (SSSR count). The Morgan fingerprint density at radius 3 is 2.33 bits per heavy atom. The van der Waals surface area contributed by atoms with Crippen LogP contribution in [-0.4, -0.2) is 24.9 Å². The lowest BCUT2D eigenvalue weighted by atomic mass is 10.1. The molecule has 12 heavy (non-hydrogen) atoms. The molecule has 3 atom stereocenters. The summed E-state index contributed by atoms with van der Waals surface area (Å²) in [5, 5.41) is 2.09. The molecule has 0 aromatic heterocycles. The Bertz CT molecular complexity index is 309. The highest BCUT2D eigenvalue weighted by molar-refractivity contribution is 7.86. The summed E-state index contributed by atoms with van der Waals surface area (Å²) >= 11 is 0. The Kier molecular flexibility index (Phi) is 1.43. The molecule has 0 aromatic rings. The fraction of sp³-hybridized carbons (Fsp3) is 1.00. The van der Waals surface area contributed by atoms with Crippen LogP contribution in [0.25, 0.3) is 0 Å². The third-order valence-electron chi connectivity index (χ3n) is 3.33. The minimum absolute atomic E-state index is 0.0890. The third kappa shape index (κ3) is 0.932. The second kappa shape index (κ2) is 2.02. The first-order chi connectivity index (χ1) is 5.35. The number of fused-ring (bicyclic) bond motifs is 1. The fourth-order valence-electron chi connectivity index (χ4n) is 2.44. The summed E-state index contributed by atoms with van der Waals surface area (Å²) in [6, 6.07) is 0. The van der Waals surface area contributed by atoms with Crippen molar-refractivity contribution in [1.82, 2.24) is 5.32 Å². The highest BCUT2D eigenvalue weighted by Crippen LogP contribution is 2.62. The molecule has 1 aliphatic carbocycles. The molecule has 1 heterocycles. The zero-order chi connectivity index (χ0) is 9.15. The van der Waals surface area contributed by atoms with E-state index in [1.165, 1.54) is 0 Å². The largest absolute Gasteiger partial charge is 0.299 e. The van der Waals surface area contributed by atoms with Crippen LogP contribution in [0.1, 0.15) is 13.8 Å². The molecule has 1 aliphatic heterocycles. The maximum atomic E-state index is 10.9. The summed E-state index contributed by atoms with van der Waals surface area (Å²) in [6.45, 7) is 4.80. The van der Waals surface area contributed by atoms with Gasteiger partial charge in [0, 0.05) is 12.5 Å². The van der Waals surface area contributed by atoms with Crippen molar-refractivity contribution in [2.75, 3.05) is 6.54 Å². The van der Waals surface area contributed by atoms with Gasteiger partial charge in [0.15, 0.2) is 0 Å². The second-order valence-corrected chi connectivity index (χ2v) is 5.84. The van der Waals surface area contributed by atoms with Gasteiger partial charge in [-0.2, -0.15) is 8.42 Å². The number of nitrogens with one attached hydrogen (secondary N) is 1. The number of hydrogen-bond acceptors (Lipinski definition) is 3. The molecule has 2 aliphatic rings. The zero-order valence-corrected chi connectivity index (χ0v) is 7.93. The highest BCUT2D eigenvalue weighted by atomic mass is 32.2. The maximum Gasteiger partial charge on any atom is 0.281 e. The number of hydrogen-bond donors (Lipinski definition) is 2. The molecular formula is C7H13NO3S. The first kappa shape index (κ1) is 8.47. The van der Waals surface area contributed by atoms with Crippen molar-refractivity contribution in [3.63, 3.8) is 0 Å². The van der Waals surface area contributed by atoms with Gasteiger partial charge in [-0.1, -0.05) is 13.8 Å². The van der Waals surface area contributed by atoms with Crippen LogP contribution in [0.4, 0.5) is 0 Å². The van der Waals surface area contributed by atoms with Crippen molar-refractivity contribution in [3.8, 4) is 0 Å². The van der Waals surface area contributed by atoms with Crippen molar-refractivity contribution in [3.05, 3.63) is 0 Å². The lowest BCUT2D eigenvalue weighted by Gasteiger charge is -2.15. The first-order valence-corrected chi connectivity index (χ1v) is 5.55. The minimum atomic E-state index is -3.89. The molecule has 70 valence electrons. The van der Waals surface area contributed by atoms with Crippen molar-refractivity contribution in [1.29, 1.82) is 0 Å². The molecule has 5 heteroatoms. The predicted molar refractivity (Wildman–Crippen MR) is 44.1 cm³/mol. The molecule has 0 amide bonds. The molecule has 0 bridgehead atoms. The van der Waals surface area contributed by atoms with E-state index in [1.807, 2.05) is 13.8 Å². The van der Waals surface area contributed by atoms with Crippen LogP contribution in [0.3, 0.4) is 0 Å². The van der Waals surface area contributed by atoms with Crippen molar-refractivity contribution >= 4 is 10.1 Å². The van der Waals surface area contributed by atoms with Crippen molar-refractivity contribution in [2.24, 2.45) is 17.3 Å². The lowest BCUT2D eigenvalue weighted by molar-refractivity contribution is 0.408. The summed E-state index contributed by atoms with van der Waals surface area (Å²) in [7, 11) is -3.89. The summed E-state index contributed by atoms with van der Waals surface area (Å²) in [4.78, 5) is 0. The smallest absolute Gasteiger partial charge is 0.281 e. The Morgan fingerprint density at radius 1 is 1.50 bits per heavy atom. The van der Waals surface area contributed by atoms with Gasteiger partial charge in [0.25, 0.3) is 10.1 Å². The first-order valence-electron chi connectivity index (χ1n) is 4.05. The summed E-state index contributed by atoms with van der Waals surface area (Å²) in [6.07, 6.45) is 0. The number of piperidine rings is 1. The molecule has 4 nitrogen and oxygen atoms in total. The van der Waals surface area contributed by atoms with Gasteiger partial charge in [-0.3, -0.25) is 9.87 Å². The van der Waals surface area contributed by atoms with Crippen LogP contribution in [-0.2, 0) is 10.1 Å². The van der Waals surface area contributed by atoms with E-state index >= 15 is 0 Å². The Morgan fingerprint density at radius 2 is 2.08 bits per heavy atom. The Hall–Kier alpha value is -0.130. The topological polar surface area (TPSA) is 66.4 Å². The lowest BCUT2D eigenvalue weighted by Crippen LogP contribution is -2.37. The van der Waals surface area contributed by atoms with Gasteiger partial charge in [0.2, 0.25) is 0 Å². The SMILES string of the molecule is CC1(C)[C@@H]2[C@H](S(=O)(=O)O)NC[C@@H]21. The molecule has 2 fully saturated rings. The monoisotopic (exact) mass is 191 g/mol. The normalized spacial score (nSPS) is 44.1. The van der Waals surface area contributed by atoms with Crippen LogP contribution in [0.2, 0.25) is 0 Å².